The Morgan fingerprint density at radius 2 is 1.83 bits per heavy atom. The van der Waals surface area contributed by atoms with Crippen molar-refractivity contribution in [2.45, 2.75) is 70.9 Å². The summed E-state index contributed by atoms with van der Waals surface area (Å²) in [6, 6.07) is 0. The van der Waals surface area contributed by atoms with E-state index in [4.69, 9.17) is 9.16 Å². The summed E-state index contributed by atoms with van der Waals surface area (Å²) >= 11 is 0. The quantitative estimate of drug-likeness (QED) is 0.572. The van der Waals surface area contributed by atoms with E-state index in [2.05, 4.69) is 69.4 Å². The number of ether oxygens (including phenoxy) is 1. The molecule has 1 rings (SSSR count). The molecule has 2 nitrogen and oxygen atoms in total. The lowest BCUT2D eigenvalue weighted by Crippen LogP contribution is -2.48. The van der Waals surface area contributed by atoms with Gasteiger partial charge >= 0.3 is 0 Å². The van der Waals surface area contributed by atoms with Crippen molar-refractivity contribution in [2.24, 2.45) is 0 Å². The Morgan fingerprint density at radius 1 is 1.13 bits per heavy atom. The molecule has 0 saturated carbocycles. The van der Waals surface area contributed by atoms with Gasteiger partial charge in [-0.25, -0.2) is 0 Å². The van der Waals surface area contributed by atoms with E-state index in [0.29, 0.717) is 0 Å². The van der Waals surface area contributed by atoms with Crippen LogP contribution in [0.5, 0.6) is 0 Å². The maximum atomic E-state index is 6.53. The number of allylic oxidation sites excluding steroid dienone is 1. The predicted molar refractivity (Wildman–Crippen MR) is 99.2 cm³/mol. The van der Waals surface area contributed by atoms with Crippen LogP contribution in [0, 0.1) is 35.5 Å². The van der Waals surface area contributed by atoms with E-state index in [1.54, 1.807) is 6.92 Å². The number of rotatable bonds is 3. The molecule has 0 radical (unpaired) electrons. The summed E-state index contributed by atoms with van der Waals surface area (Å²) in [5.74, 6) is 16.4. The zero-order chi connectivity index (χ0) is 17.3. The molecular weight excluding hydrogens is 300 g/mol. The summed E-state index contributed by atoms with van der Waals surface area (Å²) < 4.78 is 12.4. The fraction of sp³-hybridized carbons (Fsp3) is 0.600. The van der Waals surface area contributed by atoms with E-state index < -0.39 is 8.32 Å². The molecule has 23 heavy (non-hydrogen) atoms. The second-order valence-corrected chi connectivity index (χ2v) is 11.9. The SMILES string of the molecule is CC#CC#CC#C/C=C/[C@@H]1OCCC[C@H]1O[Si](C)(C)C(C)(C)C. The molecule has 2 atom stereocenters. The first kappa shape index (κ1) is 19.6. The topological polar surface area (TPSA) is 18.5 Å². The minimum absolute atomic E-state index is 0.0180. The zero-order valence-electron chi connectivity index (χ0n) is 15.2. The second kappa shape index (κ2) is 9.00. The lowest BCUT2D eigenvalue weighted by atomic mass is 10.1. The average molecular weight is 329 g/mol. The van der Waals surface area contributed by atoms with Gasteiger partial charge in [-0.1, -0.05) is 32.6 Å². The van der Waals surface area contributed by atoms with Crippen molar-refractivity contribution in [1.29, 1.82) is 0 Å². The highest BCUT2D eigenvalue weighted by Gasteiger charge is 2.41. The third kappa shape index (κ3) is 6.68. The van der Waals surface area contributed by atoms with Crippen LogP contribution in [-0.4, -0.2) is 27.1 Å². The molecule has 1 saturated heterocycles. The summed E-state index contributed by atoms with van der Waals surface area (Å²) in [7, 11) is -1.79. The third-order valence-corrected chi connectivity index (χ3v) is 8.82. The summed E-state index contributed by atoms with van der Waals surface area (Å²) in [6.07, 6.45) is 6.01. The van der Waals surface area contributed by atoms with Crippen LogP contribution < -0.4 is 0 Å². The van der Waals surface area contributed by atoms with Gasteiger partial charge in [0.2, 0.25) is 0 Å². The van der Waals surface area contributed by atoms with Crippen molar-refractivity contribution in [3.05, 3.63) is 12.2 Å². The van der Waals surface area contributed by atoms with Crippen molar-refractivity contribution >= 4 is 8.32 Å². The molecule has 0 N–H and O–H groups in total. The smallest absolute Gasteiger partial charge is 0.192 e. The summed E-state index contributed by atoms with van der Waals surface area (Å²) in [4.78, 5) is 0. The molecule has 0 spiro atoms. The molecule has 1 heterocycles. The van der Waals surface area contributed by atoms with E-state index in [9.17, 15) is 0 Å². The van der Waals surface area contributed by atoms with Gasteiger partial charge in [-0.05, 0) is 73.7 Å². The Kier molecular flexibility index (Phi) is 7.67. The zero-order valence-corrected chi connectivity index (χ0v) is 16.2. The van der Waals surface area contributed by atoms with Gasteiger partial charge in [0.15, 0.2) is 8.32 Å². The van der Waals surface area contributed by atoms with Crippen LogP contribution in [0.15, 0.2) is 12.2 Å². The maximum absolute atomic E-state index is 6.53. The van der Waals surface area contributed by atoms with Gasteiger partial charge in [-0.15, -0.1) is 0 Å². The first-order chi connectivity index (χ1) is 10.8. The third-order valence-electron chi connectivity index (χ3n) is 4.32. The minimum Gasteiger partial charge on any atom is -0.411 e. The Morgan fingerprint density at radius 3 is 2.48 bits per heavy atom. The standard InChI is InChI=1S/C20H28O2Si/c1-7-8-9-10-11-12-13-15-18-19(16-14-17-21-18)22-23(5,6)20(2,3)4/h13,15,18-19H,14,16-17H2,1-6H3/b15-13+/t18-,19+/m0/s1. The highest BCUT2D eigenvalue weighted by Crippen LogP contribution is 2.38. The molecule has 1 aliphatic rings. The van der Waals surface area contributed by atoms with Crippen LogP contribution >= 0.6 is 0 Å². The van der Waals surface area contributed by atoms with Crippen LogP contribution in [0.3, 0.4) is 0 Å². The first-order valence-electron chi connectivity index (χ1n) is 8.16. The normalized spacial score (nSPS) is 21.5. The number of hydrogen-bond donors (Lipinski definition) is 0. The lowest BCUT2D eigenvalue weighted by molar-refractivity contribution is -0.0420. The summed E-state index contributed by atoms with van der Waals surface area (Å²) in [5.41, 5.74) is 0. The average Bonchev–Trinajstić information content (AvgIpc) is 2.46. The van der Waals surface area contributed by atoms with Crippen molar-refractivity contribution in [3.63, 3.8) is 0 Å². The second-order valence-electron chi connectivity index (χ2n) is 7.15. The van der Waals surface area contributed by atoms with Gasteiger partial charge in [0.25, 0.3) is 0 Å². The van der Waals surface area contributed by atoms with Gasteiger partial charge in [0.1, 0.15) is 6.10 Å². The van der Waals surface area contributed by atoms with Gasteiger partial charge in [0.05, 0.1) is 6.10 Å². The molecule has 0 aliphatic carbocycles. The highest BCUT2D eigenvalue weighted by molar-refractivity contribution is 6.74. The maximum Gasteiger partial charge on any atom is 0.192 e. The molecule has 1 fully saturated rings. The van der Waals surface area contributed by atoms with Gasteiger partial charge in [-0.3, -0.25) is 0 Å². The Bertz CT molecular complexity index is 591. The minimum atomic E-state index is -1.79. The monoisotopic (exact) mass is 328 g/mol. The van der Waals surface area contributed by atoms with Crippen LogP contribution in [0.4, 0.5) is 0 Å². The molecule has 0 amide bonds. The van der Waals surface area contributed by atoms with E-state index in [-0.39, 0.29) is 17.2 Å². The van der Waals surface area contributed by atoms with Gasteiger partial charge in [0, 0.05) is 6.61 Å². The van der Waals surface area contributed by atoms with Crippen molar-refractivity contribution in [1.82, 2.24) is 0 Å². The molecule has 1 aliphatic heterocycles. The highest BCUT2D eigenvalue weighted by atomic mass is 28.4. The van der Waals surface area contributed by atoms with Crippen LogP contribution in [0.25, 0.3) is 0 Å². The van der Waals surface area contributed by atoms with Crippen LogP contribution in [0.2, 0.25) is 18.1 Å². The fourth-order valence-corrected chi connectivity index (χ4v) is 3.34. The molecule has 0 bridgehead atoms. The largest absolute Gasteiger partial charge is 0.411 e. The van der Waals surface area contributed by atoms with E-state index in [1.807, 2.05) is 12.2 Å². The summed E-state index contributed by atoms with van der Waals surface area (Å²) in [5, 5.41) is 0.203. The molecule has 0 aromatic rings. The van der Waals surface area contributed by atoms with Crippen LogP contribution in [-0.2, 0) is 9.16 Å². The molecule has 124 valence electrons. The molecular formula is C20H28O2Si. The molecule has 0 aromatic heterocycles. The van der Waals surface area contributed by atoms with Crippen molar-refractivity contribution in [2.75, 3.05) is 6.61 Å². The van der Waals surface area contributed by atoms with Crippen molar-refractivity contribution < 1.29 is 9.16 Å². The number of hydrogen-bond acceptors (Lipinski definition) is 2. The Labute approximate surface area is 143 Å². The van der Waals surface area contributed by atoms with Gasteiger partial charge < -0.3 is 9.16 Å². The first-order valence-corrected chi connectivity index (χ1v) is 11.1. The fourth-order valence-electron chi connectivity index (χ4n) is 1.98. The lowest BCUT2D eigenvalue weighted by Gasteiger charge is -2.42. The van der Waals surface area contributed by atoms with E-state index in [0.717, 1.165) is 19.4 Å². The van der Waals surface area contributed by atoms with Gasteiger partial charge in [-0.2, -0.15) is 0 Å². The van der Waals surface area contributed by atoms with E-state index >= 15 is 0 Å². The summed E-state index contributed by atoms with van der Waals surface area (Å²) in [6.45, 7) is 13.9. The Balaban J connectivity index is 2.72. The molecule has 3 heteroatoms. The predicted octanol–water partition coefficient (Wildman–Crippen LogP) is 4.14. The Hall–Kier alpha value is -1.44. The van der Waals surface area contributed by atoms with E-state index in [1.165, 1.54) is 0 Å². The van der Waals surface area contributed by atoms with Crippen LogP contribution in [0.1, 0.15) is 40.5 Å². The molecule has 0 unspecified atom stereocenters. The molecule has 0 aromatic carbocycles. The van der Waals surface area contributed by atoms with Crippen molar-refractivity contribution in [3.8, 4) is 35.5 Å².